The topological polar surface area (TPSA) is 32.3 Å². The molecule has 3 atom stereocenters. The van der Waals surface area contributed by atoms with Crippen LogP contribution in [-0.4, -0.2) is 29.1 Å². The molecule has 1 aliphatic heterocycles. The minimum atomic E-state index is 0.000949. The maximum absolute atomic E-state index is 12.6. The van der Waals surface area contributed by atoms with Crippen LogP contribution in [0.4, 0.5) is 0 Å². The summed E-state index contributed by atoms with van der Waals surface area (Å²) in [6, 6.07) is 0.351. The van der Waals surface area contributed by atoms with E-state index in [0.717, 1.165) is 6.42 Å². The number of carbonyl (C=O) groups is 1. The Morgan fingerprint density at radius 2 is 1.74 bits per heavy atom. The van der Waals surface area contributed by atoms with E-state index in [9.17, 15) is 4.79 Å². The van der Waals surface area contributed by atoms with Gasteiger partial charge in [0, 0.05) is 6.04 Å². The van der Waals surface area contributed by atoms with Crippen LogP contribution in [0.1, 0.15) is 67.2 Å². The van der Waals surface area contributed by atoms with Crippen molar-refractivity contribution < 1.29 is 4.79 Å². The first kappa shape index (κ1) is 16.5. The number of amides is 1. The van der Waals surface area contributed by atoms with E-state index in [1.54, 1.807) is 0 Å². The fourth-order valence-corrected chi connectivity index (χ4v) is 2.94. The number of unbranched alkanes of at least 4 members (excludes halogenated alkanes) is 2. The number of hydrogen-bond acceptors (Lipinski definition) is 2. The third-order valence-electron chi connectivity index (χ3n) is 4.17. The Kier molecular flexibility index (Phi) is 6.31. The van der Waals surface area contributed by atoms with E-state index in [4.69, 9.17) is 0 Å². The van der Waals surface area contributed by atoms with Gasteiger partial charge < -0.3 is 4.90 Å². The van der Waals surface area contributed by atoms with E-state index in [2.05, 4.69) is 51.8 Å². The van der Waals surface area contributed by atoms with E-state index >= 15 is 0 Å². The molecular formula is C16H32N2O. The first-order chi connectivity index (χ1) is 8.90. The third-order valence-corrected chi connectivity index (χ3v) is 4.17. The predicted octanol–water partition coefficient (Wildman–Crippen LogP) is 3.39. The van der Waals surface area contributed by atoms with Gasteiger partial charge in [0.25, 0.3) is 0 Å². The number of nitrogens with one attached hydrogen (secondary N) is 1. The Hall–Kier alpha value is -0.570. The van der Waals surface area contributed by atoms with Crippen LogP contribution in [0.15, 0.2) is 0 Å². The van der Waals surface area contributed by atoms with Crippen molar-refractivity contribution in [2.24, 2.45) is 11.8 Å². The van der Waals surface area contributed by atoms with Crippen molar-refractivity contribution >= 4 is 5.91 Å². The molecule has 0 aromatic heterocycles. The van der Waals surface area contributed by atoms with Gasteiger partial charge in [0.15, 0.2) is 0 Å². The van der Waals surface area contributed by atoms with Gasteiger partial charge in [-0.05, 0) is 25.2 Å². The molecule has 0 radical (unpaired) electrons. The number of rotatable bonds is 7. The summed E-state index contributed by atoms with van der Waals surface area (Å²) >= 11 is 0. The molecule has 0 aromatic rings. The number of carbonyl (C=O) groups excluding carboxylic acids is 1. The molecule has 0 saturated carbocycles. The quantitative estimate of drug-likeness (QED) is 0.718. The van der Waals surface area contributed by atoms with Gasteiger partial charge in [0.1, 0.15) is 0 Å². The van der Waals surface area contributed by atoms with Gasteiger partial charge in [-0.25, -0.2) is 0 Å². The molecule has 1 fully saturated rings. The zero-order valence-corrected chi connectivity index (χ0v) is 13.6. The van der Waals surface area contributed by atoms with Crippen LogP contribution in [0.25, 0.3) is 0 Å². The summed E-state index contributed by atoms with van der Waals surface area (Å²) < 4.78 is 0. The van der Waals surface area contributed by atoms with Crippen molar-refractivity contribution in [1.29, 1.82) is 0 Å². The van der Waals surface area contributed by atoms with Crippen LogP contribution in [0.3, 0.4) is 0 Å². The first-order valence-corrected chi connectivity index (χ1v) is 7.98. The molecule has 0 aliphatic carbocycles. The summed E-state index contributed by atoms with van der Waals surface area (Å²) in [4.78, 5) is 14.7. The lowest BCUT2D eigenvalue weighted by molar-refractivity contribution is -0.133. The van der Waals surface area contributed by atoms with Gasteiger partial charge in [-0.2, -0.15) is 0 Å². The molecule has 112 valence electrons. The molecule has 3 heteroatoms. The maximum atomic E-state index is 12.6. The highest BCUT2D eigenvalue weighted by Gasteiger charge is 2.43. The molecule has 3 nitrogen and oxygen atoms in total. The first-order valence-electron chi connectivity index (χ1n) is 7.98. The zero-order valence-electron chi connectivity index (χ0n) is 13.6. The summed E-state index contributed by atoms with van der Waals surface area (Å²) in [7, 11) is 0. The van der Waals surface area contributed by atoms with E-state index in [1.807, 2.05) is 0 Å². The van der Waals surface area contributed by atoms with Crippen LogP contribution in [0.5, 0.6) is 0 Å². The Balaban J connectivity index is 2.73. The molecule has 19 heavy (non-hydrogen) atoms. The van der Waals surface area contributed by atoms with Crippen molar-refractivity contribution in [2.45, 2.75) is 85.5 Å². The average Bonchev–Trinajstić information content (AvgIpc) is 2.67. The van der Waals surface area contributed by atoms with Crippen molar-refractivity contribution in [3.05, 3.63) is 0 Å². The van der Waals surface area contributed by atoms with Gasteiger partial charge in [0.05, 0.1) is 12.2 Å². The molecule has 1 aliphatic rings. The minimum absolute atomic E-state index is 0.000949. The molecule has 3 unspecified atom stereocenters. The molecule has 0 spiro atoms. The minimum Gasteiger partial charge on any atom is -0.323 e. The SMILES string of the molecule is CCCCCC(C)N1C(=O)C(C(C)C)NC1C(C)C. The number of nitrogens with zero attached hydrogens (tertiary/aromatic N) is 1. The standard InChI is InChI=1S/C16H32N2O/c1-7-8-9-10-13(6)18-15(12(4)5)17-14(11(2)3)16(18)19/h11-15,17H,7-10H2,1-6H3. The molecule has 1 heterocycles. The van der Waals surface area contributed by atoms with Gasteiger partial charge in [-0.15, -0.1) is 0 Å². The van der Waals surface area contributed by atoms with E-state index in [0.29, 0.717) is 23.8 Å². The van der Waals surface area contributed by atoms with Crippen LogP contribution < -0.4 is 5.32 Å². The van der Waals surface area contributed by atoms with Crippen LogP contribution in [0, 0.1) is 11.8 Å². The Morgan fingerprint density at radius 3 is 2.21 bits per heavy atom. The summed E-state index contributed by atoms with van der Waals surface area (Å²) in [6.45, 7) is 13.1. The third kappa shape index (κ3) is 3.95. The normalized spacial score (nSPS) is 25.7. The van der Waals surface area contributed by atoms with Gasteiger partial charge in [-0.3, -0.25) is 10.1 Å². The molecule has 1 amide bonds. The van der Waals surface area contributed by atoms with Crippen LogP contribution in [-0.2, 0) is 4.79 Å². The Labute approximate surface area is 119 Å². The summed E-state index contributed by atoms with van der Waals surface area (Å²) in [5.74, 6) is 1.13. The summed E-state index contributed by atoms with van der Waals surface area (Å²) in [6.07, 6.45) is 5.05. The molecule has 1 N–H and O–H groups in total. The van der Waals surface area contributed by atoms with Gasteiger partial charge in [0.2, 0.25) is 5.91 Å². The summed E-state index contributed by atoms with van der Waals surface area (Å²) in [5, 5.41) is 3.54. The molecule has 0 aromatic carbocycles. The Morgan fingerprint density at radius 1 is 1.11 bits per heavy atom. The second-order valence-corrected chi connectivity index (χ2v) is 6.67. The van der Waals surface area contributed by atoms with Gasteiger partial charge in [-0.1, -0.05) is 53.9 Å². The highest BCUT2D eigenvalue weighted by molar-refractivity contribution is 5.85. The fourth-order valence-electron chi connectivity index (χ4n) is 2.94. The van der Waals surface area contributed by atoms with Crippen molar-refractivity contribution in [3.8, 4) is 0 Å². The lowest BCUT2D eigenvalue weighted by Gasteiger charge is -2.32. The fraction of sp³-hybridized carbons (Fsp3) is 0.938. The van der Waals surface area contributed by atoms with Crippen molar-refractivity contribution in [3.63, 3.8) is 0 Å². The lowest BCUT2D eigenvalue weighted by Crippen LogP contribution is -2.46. The van der Waals surface area contributed by atoms with Crippen LogP contribution >= 0.6 is 0 Å². The monoisotopic (exact) mass is 268 g/mol. The van der Waals surface area contributed by atoms with Crippen LogP contribution in [0.2, 0.25) is 0 Å². The predicted molar refractivity (Wildman–Crippen MR) is 80.8 cm³/mol. The second-order valence-electron chi connectivity index (χ2n) is 6.67. The molecule has 0 bridgehead atoms. The summed E-state index contributed by atoms with van der Waals surface area (Å²) in [5.41, 5.74) is 0. The van der Waals surface area contributed by atoms with Gasteiger partial charge >= 0.3 is 0 Å². The molecular weight excluding hydrogens is 236 g/mol. The van der Waals surface area contributed by atoms with E-state index in [1.165, 1.54) is 19.3 Å². The average molecular weight is 268 g/mol. The van der Waals surface area contributed by atoms with E-state index in [-0.39, 0.29) is 12.2 Å². The number of hydrogen-bond donors (Lipinski definition) is 1. The second kappa shape index (κ2) is 7.28. The largest absolute Gasteiger partial charge is 0.323 e. The van der Waals surface area contributed by atoms with E-state index < -0.39 is 0 Å². The highest BCUT2D eigenvalue weighted by Crippen LogP contribution is 2.25. The molecule has 1 rings (SSSR count). The maximum Gasteiger partial charge on any atom is 0.241 e. The van der Waals surface area contributed by atoms with Crippen molar-refractivity contribution in [1.82, 2.24) is 10.2 Å². The Bertz CT molecular complexity index is 288. The zero-order chi connectivity index (χ0) is 14.6. The highest BCUT2D eigenvalue weighted by atomic mass is 16.2. The smallest absolute Gasteiger partial charge is 0.241 e. The van der Waals surface area contributed by atoms with Crippen molar-refractivity contribution in [2.75, 3.05) is 0 Å². The molecule has 1 saturated heterocycles. The lowest BCUT2D eigenvalue weighted by atomic mass is 10.0.